The van der Waals surface area contributed by atoms with Gasteiger partial charge in [-0.05, 0) is 41.3 Å². The number of nitrogens with zero attached hydrogens (tertiary/aromatic N) is 3. The zero-order chi connectivity index (χ0) is 25.4. The topological polar surface area (TPSA) is 92.8 Å². The van der Waals surface area contributed by atoms with Crippen LogP contribution in [0.5, 0.6) is 5.75 Å². The minimum atomic E-state index is 0.0999. The van der Waals surface area contributed by atoms with Crippen molar-refractivity contribution < 1.29 is 5.11 Å². The van der Waals surface area contributed by atoms with Crippen molar-refractivity contribution in [3.8, 4) is 39.7 Å². The molecule has 6 aromatic rings. The summed E-state index contributed by atoms with van der Waals surface area (Å²) in [4.78, 5) is 8.15. The van der Waals surface area contributed by atoms with E-state index in [1.807, 2.05) is 72.3 Å². The van der Waals surface area contributed by atoms with Crippen molar-refractivity contribution in [3.05, 3.63) is 114 Å². The van der Waals surface area contributed by atoms with Crippen LogP contribution in [0, 0.1) is 6.92 Å². The molecule has 2 aromatic heterocycles. The molecular weight excluding hydrogens is 458 g/mol. The van der Waals surface area contributed by atoms with E-state index in [9.17, 15) is 5.11 Å². The predicted octanol–water partition coefficient (Wildman–Crippen LogP) is 6.28. The third-order valence-electron chi connectivity index (χ3n) is 6.65. The van der Waals surface area contributed by atoms with Crippen LogP contribution in [-0.2, 0) is 13.1 Å². The maximum atomic E-state index is 11.4. The fourth-order valence-corrected chi connectivity index (χ4v) is 4.61. The van der Waals surface area contributed by atoms with Gasteiger partial charge in [-0.25, -0.2) is 4.98 Å². The Morgan fingerprint density at radius 2 is 1.49 bits per heavy atom. The molecule has 0 saturated heterocycles. The molecular formula is C31H27N5O. The second-order valence-corrected chi connectivity index (χ2v) is 9.27. The number of rotatable bonds is 6. The summed E-state index contributed by atoms with van der Waals surface area (Å²) < 4.78 is 1.82. The molecule has 2 heterocycles. The molecule has 37 heavy (non-hydrogen) atoms. The Morgan fingerprint density at radius 1 is 0.811 bits per heavy atom. The van der Waals surface area contributed by atoms with Gasteiger partial charge in [0.25, 0.3) is 0 Å². The SMILES string of the molecule is Cc1ccc(-c2nn(Cc3ccc(-c4ccccc4)cc3)c(-c3nc4ccc(CN)cc4[nH]3)c2O)cc1. The lowest BCUT2D eigenvalue weighted by molar-refractivity contribution is 0.478. The molecule has 0 spiro atoms. The van der Waals surface area contributed by atoms with E-state index in [1.165, 1.54) is 5.56 Å². The first-order valence-corrected chi connectivity index (χ1v) is 12.3. The van der Waals surface area contributed by atoms with Gasteiger partial charge in [-0.1, -0.05) is 90.5 Å². The highest BCUT2D eigenvalue weighted by molar-refractivity contribution is 5.83. The second kappa shape index (κ2) is 9.41. The number of aromatic amines is 1. The second-order valence-electron chi connectivity index (χ2n) is 9.27. The maximum Gasteiger partial charge on any atom is 0.173 e. The van der Waals surface area contributed by atoms with Gasteiger partial charge in [0.2, 0.25) is 0 Å². The molecule has 0 unspecified atom stereocenters. The van der Waals surface area contributed by atoms with Gasteiger partial charge in [-0.3, -0.25) is 4.68 Å². The normalized spacial score (nSPS) is 11.3. The highest BCUT2D eigenvalue weighted by Gasteiger charge is 2.23. The molecule has 0 saturated carbocycles. The molecule has 0 fully saturated rings. The fraction of sp³-hybridized carbons (Fsp3) is 0.0968. The van der Waals surface area contributed by atoms with Crippen LogP contribution in [0.2, 0.25) is 0 Å². The number of hydrogen-bond acceptors (Lipinski definition) is 4. The average Bonchev–Trinajstić information content (AvgIpc) is 3.49. The molecule has 0 aliphatic rings. The van der Waals surface area contributed by atoms with E-state index in [2.05, 4.69) is 41.4 Å². The molecule has 6 nitrogen and oxygen atoms in total. The van der Waals surface area contributed by atoms with E-state index in [1.54, 1.807) is 0 Å². The van der Waals surface area contributed by atoms with E-state index < -0.39 is 0 Å². The Morgan fingerprint density at radius 3 is 2.22 bits per heavy atom. The number of aromatic hydroxyl groups is 1. The highest BCUT2D eigenvalue weighted by atomic mass is 16.3. The first kappa shape index (κ1) is 22.8. The Bertz CT molecular complexity index is 1680. The van der Waals surface area contributed by atoms with Crippen molar-refractivity contribution in [2.45, 2.75) is 20.0 Å². The van der Waals surface area contributed by atoms with Crippen molar-refractivity contribution in [2.75, 3.05) is 0 Å². The predicted molar refractivity (Wildman–Crippen MR) is 148 cm³/mol. The molecule has 4 N–H and O–H groups in total. The third-order valence-corrected chi connectivity index (χ3v) is 6.65. The van der Waals surface area contributed by atoms with E-state index >= 15 is 0 Å². The number of aryl methyl sites for hydroxylation is 1. The molecule has 0 amide bonds. The van der Waals surface area contributed by atoms with Crippen molar-refractivity contribution in [3.63, 3.8) is 0 Å². The molecule has 0 radical (unpaired) electrons. The first-order valence-electron chi connectivity index (χ1n) is 12.3. The molecule has 0 aliphatic carbocycles. The molecule has 6 heteroatoms. The van der Waals surface area contributed by atoms with Gasteiger partial charge < -0.3 is 15.8 Å². The molecule has 0 atom stereocenters. The number of hydrogen-bond donors (Lipinski definition) is 3. The Labute approximate surface area is 215 Å². The quantitative estimate of drug-likeness (QED) is 0.259. The summed E-state index contributed by atoms with van der Waals surface area (Å²) in [6, 6.07) is 32.6. The number of H-pyrrole nitrogens is 1. The molecule has 182 valence electrons. The van der Waals surface area contributed by atoms with Crippen LogP contribution in [0.4, 0.5) is 0 Å². The number of imidazole rings is 1. The van der Waals surface area contributed by atoms with E-state index in [0.717, 1.165) is 38.9 Å². The maximum absolute atomic E-state index is 11.4. The summed E-state index contributed by atoms with van der Waals surface area (Å²) in [5.41, 5.74) is 15.0. The van der Waals surface area contributed by atoms with Crippen LogP contribution >= 0.6 is 0 Å². The number of fused-ring (bicyclic) bond motifs is 1. The monoisotopic (exact) mass is 485 g/mol. The number of nitrogens with one attached hydrogen (secondary N) is 1. The summed E-state index contributed by atoms with van der Waals surface area (Å²) in [6.45, 7) is 2.97. The van der Waals surface area contributed by atoms with Crippen molar-refractivity contribution in [1.29, 1.82) is 0 Å². The zero-order valence-corrected chi connectivity index (χ0v) is 20.5. The van der Waals surface area contributed by atoms with E-state index in [-0.39, 0.29) is 5.75 Å². The van der Waals surface area contributed by atoms with Crippen molar-refractivity contribution in [1.82, 2.24) is 19.7 Å². The lowest BCUT2D eigenvalue weighted by atomic mass is 10.0. The number of aromatic nitrogens is 4. The third kappa shape index (κ3) is 4.39. The van der Waals surface area contributed by atoms with Crippen LogP contribution in [0.25, 0.3) is 44.9 Å². The summed E-state index contributed by atoms with van der Waals surface area (Å²) in [5.74, 6) is 0.663. The van der Waals surface area contributed by atoms with Crippen molar-refractivity contribution in [2.24, 2.45) is 5.73 Å². The van der Waals surface area contributed by atoms with Crippen molar-refractivity contribution >= 4 is 11.0 Å². The van der Waals surface area contributed by atoms with E-state index in [4.69, 9.17) is 15.8 Å². The summed E-state index contributed by atoms with van der Waals surface area (Å²) in [5, 5.41) is 16.3. The van der Waals surface area contributed by atoms with Gasteiger partial charge in [0, 0.05) is 12.1 Å². The van der Waals surface area contributed by atoms with Crippen LogP contribution in [0.3, 0.4) is 0 Å². The number of benzene rings is 4. The molecule has 0 aliphatic heterocycles. The van der Waals surface area contributed by atoms with Gasteiger partial charge in [-0.2, -0.15) is 5.10 Å². The summed E-state index contributed by atoms with van der Waals surface area (Å²) >= 11 is 0. The van der Waals surface area contributed by atoms with Gasteiger partial charge in [0.05, 0.1) is 17.6 Å². The lowest BCUT2D eigenvalue weighted by Crippen LogP contribution is -2.04. The zero-order valence-electron chi connectivity index (χ0n) is 20.5. The van der Waals surface area contributed by atoms with Gasteiger partial charge in [-0.15, -0.1) is 0 Å². The molecule has 6 rings (SSSR count). The minimum absolute atomic E-state index is 0.0999. The van der Waals surface area contributed by atoms with Gasteiger partial charge >= 0.3 is 0 Å². The fourth-order valence-electron chi connectivity index (χ4n) is 4.61. The lowest BCUT2D eigenvalue weighted by Gasteiger charge is -2.08. The van der Waals surface area contributed by atoms with Crippen LogP contribution in [-0.4, -0.2) is 24.9 Å². The standard InChI is InChI=1S/C31H27N5O/c1-20-7-12-25(13-8-20)28-30(37)29(31-33-26-16-11-22(18-32)17-27(26)34-31)36(35-28)19-21-9-14-24(15-10-21)23-5-3-2-4-6-23/h2-17,37H,18-19,32H2,1H3,(H,33,34). The van der Waals surface area contributed by atoms with Crippen LogP contribution in [0.1, 0.15) is 16.7 Å². The van der Waals surface area contributed by atoms with E-state index in [0.29, 0.717) is 30.3 Å². The largest absolute Gasteiger partial charge is 0.504 e. The summed E-state index contributed by atoms with van der Waals surface area (Å²) in [7, 11) is 0. The Balaban J connectivity index is 1.43. The average molecular weight is 486 g/mol. The smallest absolute Gasteiger partial charge is 0.173 e. The van der Waals surface area contributed by atoms with Gasteiger partial charge in [0.1, 0.15) is 11.4 Å². The molecule has 4 aromatic carbocycles. The number of nitrogens with two attached hydrogens (primary N) is 1. The Hall–Kier alpha value is -4.68. The first-order chi connectivity index (χ1) is 18.1. The van der Waals surface area contributed by atoms with Crippen LogP contribution in [0.15, 0.2) is 97.1 Å². The summed E-state index contributed by atoms with van der Waals surface area (Å²) in [6.07, 6.45) is 0. The van der Waals surface area contributed by atoms with Gasteiger partial charge in [0.15, 0.2) is 11.6 Å². The minimum Gasteiger partial charge on any atom is -0.504 e. The molecule has 0 bridgehead atoms. The van der Waals surface area contributed by atoms with Crippen LogP contribution < -0.4 is 5.73 Å². The highest BCUT2D eigenvalue weighted by Crippen LogP contribution is 2.38. The Kier molecular flexibility index (Phi) is 5.79.